The average Bonchev–Trinajstić information content (AvgIpc) is 3.12. The van der Waals surface area contributed by atoms with Gasteiger partial charge in [-0.3, -0.25) is 15.1 Å². The van der Waals surface area contributed by atoms with Gasteiger partial charge in [-0.15, -0.1) is 11.3 Å². The SMILES string of the molecule is Cc1ccc(S(=O)(=O)N2CCc3nc(NC(=O)c4cnccn4)sc3C2)cc1C. The van der Waals surface area contributed by atoms with E-state index in [0.29, 0.717) is 23.0 Å². The Kier molecular flexibility index (Phi) is 5.15. The lowest BCUT2D eigenvalue weighted by Gasteiger charge is -2.25. The van der Waals surface area contributed by atoms with E-state index in [1.165, 1.54) is 34.2 Å². The number of hydrogen-bond acceptors (Lipinski definition) is 7. The van der Waals surface area contributed by atoms with Crippen molar-refractivity contribution in [3.8, 4) is 0 Å². The topological polar surface area (TPSA) is 105 Å². The first-order valence-electron chi connectivity index (χ1n) is 8.98. The first kappa shape index (κ1) is 19.6. The number of anilines is 1. The van der Waals surface area contributed by atoms with Crippen LogP contribution < -0.4 is 5.32 Å². The van der Waals surface area contributed by atoms with Crippen LogP contribution in [0.1, 0.15) is 32.2 Å². The number of carbonyl (C=O) groups excluding carboxylic acids is 1. The van der Waals surface area contributed by atoms with Gasteiger partial charge in [-0.05, 0) is 37.1 Å². The number of benzene rings is 1. The number of thiazole rings is 1. The van der Waals surface area contributed by atoms with Gasteiger partial charge in [0.05, 0.1) is 23.3 Å². The maximum absolute atomic E-state index is 13.1. The molecule has 0 aliphatic carbocycles. The minimum atomic E-state index is -3.59. The van der Waals surface area contributed by atoms with Crippen LogP contribution >= 0.6 is 11.3 Å². The normalized spacial score (nSPS) is 14.4. The van der Waals surface area contributed by atoms with Crippen LogP contribution in [0, 0.1) is 13.8 Å². The number of nitrogens with one attached hydrogen (secondary N) is 1. The molecule has 1 aliphatic rings. The van der Waals surface area contributed by atoms with Crippen LogP contribution in [-0.2, 0) is 23.0 Å². The van der Waals surface area contributed by atoms with E-state index in [4.69, 9.17) is 0 Å². The number of nitrogens with zero attached hydrogens (tertiary/aromatic N) is 4. The van der Waals surface area contributed by atoms with E-state index in [1.54, 1.807) is 12.1 Å². The number of hydrogen-bond donors (Lipinski definition) is 1. The highest BCUT2D eigenvalue weighted by Gasteiger charge is 2.30. The lowest BCUT2D eigenvalue weighted by Crippen LogP contribution is -2.35. The molecule has 150 valence electrons. The lowest BCUT2D eigenvalue weighted by atomic mass is 10.1. The van der Waals surface area contributed by atoms with Crippen molar-refractivity contribution in [2.45, 2.75) is 31.7 Å². The van der Waals surface area contributed by atoms with Crippen LogP contribution in [0.5, 0.6) is 0 Å². The number of rotatable bonds is 4. The highest BCUT2D eigenvalue weighted by atomic mass is 32.2. The van der Waals surface area contributed by atoms with Crippen molar-refractivity contribution >= 4 is 32.4 Å². The molecule has 0 saturated heterocycles. The molecule has 0 radical (unpaired) electrons. The molecule has 0 saturated carbocycles. The van der Waals surface area contributed by atoms with Gasteiger partial charge in [0.15, 0.2) is 5.13 Å². The molecule has 0 atom stereocenters. The van der Waals surface area contributed by atoms with E-state index >= 15 is 0 Å². The second kappa shape index (κ2) is 7.62. The predicted octanol–water partition coefficient (Wildman–Crippen LogP) is 2.55. The summed E-state index contributed by atoms with van der Waals surface area (Å²) in [6, 6.07) is 5.18. The zero-order valence-electron chi connectivity index (χ0n) is 15.9. The molecule has 0 unspecified atom stereocenters. The van der Waals surface area contributed by atoms with Crippen molar-refractivity contribution in [1.82, 2.24) is 19.3 Å². The smallest absolute Gasteiger partial charge is 0.277 e. The molecular weight excluding hydrogens is 410 g/mol. The van der Waals surface area contributed by atoms with E-state index in [0.717, 1.165) is 21.7 Å². The van der Waals surface area contributed by atoms with Crippen molar-refractivity contribution in [3.63, 3.8) is 0 Å². The summed E-state index contributed by atoms with van der Waals surface area (Å²) >= 11 is 1.28. The fraction of sp³-hybridized carbons (Fsp3) is 0.263. The van der Waals surface area contributed by atoms with Gasteiger partial charge in [-0.2, -0.15) is 4.31 Å². The summed E-state index contributed by atoms with van der Waals surface area (Å²) in [5.74, 6) is -0.399. The fourth-order valence-electron chi connectivity index (χ4n) is 3.03. The van der Waals surface area contributed by atoms with Crippen LogP contribution in [0.4, 0.5) is 5.13 Å². The molecule has 8 nitrogen and oxygen atoms in total. The number of aryl methyl sites for hydroxylation is 2. The lowest BCUT2D eigenvalue weighted by molar-refractivity contribution is 0.102. The summed E-state index contributed by atoms with van der Waals surface area (Å²) in [4.78, 5) is 25.7. The summed E-state index contributed by atoms with van der Waals surface area (Å²) in [5.41, 5.74) is 3.00. The van der Waals surface area contributed by atoms with Gasteiger partial charge < -0.3 is 0 Å². The molecule has 3 heterocycles. The fourth-order valence-corrected chi connectivity index (χ4v) is 5.63. The predicted molar refractivity (Wildman–Crippen MR) is 109 cm³/mol. The van der Waals surface area contributed by atoms with Gasteiger partial charge in [0.2, 0.25) is 10.0 Å². The Labute approximate surface area is 172 Å². The Balaban J connectivity index is 1.53. The molecule has 10 heteroatoms. The van der Waals surface area contributed by atoms with Gasteiger partial charge >= 0.3 is 0 Å². The second-order valence-corrected chi connectivity index (χ2v) is 9.79. The molecule has 0 spiro atoms. The highest BCUT2D eigenvalue weighted by molar-refractivity contribution is 7.89. The first-order valence-corrected chi connectivity index (χ1v) is 11.2. The summed E-state index contributed by atoms with van der Waals surface area (Å²) < 4.78 is 27.6. The van der Waals surface area contributed by atoms with Crippen LogP contribution in [0.15, 0.2) is 41.7 Å². The summed E-state index contributed by atoms with van der Waals surface area (Å²) in [6.45, 7) is 4.44. The molecule has 0 bridgehead atoms. The van der Waals surface area contributed by atoms with E-state index in [-0.39, 0.29) is 12.2 Å². The van der Waals surface area contributed by atoms with Crippen molar-refractivity contribution in [3.05, 3.63) is 64.2 Å². The second-order valence-electron chi connectivity index (χ2n) is 6.77. The Morgan fingerprint density at radius 3 is 2.76 bits per heavy atom. The highest BCUT2D eigenvalue weighted by Crippen LogP contribution is 2.31. The maximum Gasteiger partial charge on any atom is 0.277 e. The van der Waals surface area contributed by atoms with E-state index < -0.39 is 15.9 Å². The largest absolute Gasteiger partial charge is 0.296 e. The third kappa shape index (κ3) is 3.91. The van der Waals surface area contributed by atoms with Gasteiger partial charge in [0.25, 0.3) is 5.91 Å². The van der Waals surface area contributed by atoms with Crippen LogP contribution in [0.3, 0.4) is 0 Å². The minimum Gasteiger partial charge on any atom is -0.296 e. The Hall–Kier alpha value is -2.69. The van der Waals surface area contributed by atoms with Gasteiger partial charge in [0.1, 0.15) is 5.69 Å². The third-order valence-corrected chi connectivity index (χ3v) is 7.67. The minimum absolute atomic E-state index is 0.194. The molecule has 2 aromatic heterocycles. The van der Waals surface area contributed by atoms with Crippen molar-refractivity contribution in [2.24, 2.45) is 0 Å². The van der Waals surface area contributed by atoms with Gasteiger partial charge in [0, 0.05) is 30.2 Å². The van der Waals surface area contributed by atoms with Crippen LogP contribution in [-0.4, -0.2) is 40.1 Å². The number of aromatic nitrogens is 3. The molecule has 3 aromatic rings. The Bertz CT molecular complexity index is 1180. The van der Waals surface area contributed by atoms with E-state index in [1.807, 2.05) is 19.9 Å². The average molecular weight is 430 g/mol. The van der Waals surface area contributed by atoms with Crippen LogP contribution in [0.2, 0.25) is 0 Å². The Morgan fingerprint density at radius 1 is 1.21 bits per heavy atom. The summed E-state index contributed by atoms with van der Waals surface area (Å²) in [7, 11) is -3.59. The third-order valence-electron chi connectivity index (χ3n) is 4.83. The van der Waals surface area contributed by atoms with E-state index in [2.05, 4.69) is 20.3 Å². The molecule has 29 heavy (non-hydrogen) atoms. The number of carbonyl (C=O) groups is 1. The maximum atomic E-state index is 13.1. The molecular formula is C19H19N5O3S2. The molecule has 1 aliphatic heterocycles. The quantitative estimate of drug-likeness (QED) is 0.683. The van der Waals surface area contributed by atoms with Crippen LogP contribution in [0.25, 0.3) is 0 Å². The van der Waals surface area contributed by atoms with E-state index in [9.17, 15) is 13.2 Å². The number of fused-ring (bicyclic) bond motifs is 1. The molecule has 1 N–H and O–H groups in total. The summed E-state index contributed by atoms with van der Waals surface area (Å²) in [6.07, 6.45) is 4.80. The monoisotopic (exact) mass is 429 g/mol. The molecule has 1 amide bonds. The Morgan fingerprint density at radius 2 is 2.03 bits per heavy atom. The zero-order valence-corrected chi connectivity index (χ0v) is 17.5. The van der Waals surface area contributed by atoms with Crippen molar-refractivity contribution in [2.75, 3.05) is 11.9 Å². The van der Waals surface area contributed by atoms with Crippen molar-refractivity contribution < 1.29 is 13.2 Å². The zero-order chi connectivity index (χ0) is 20.6. The summed E-state index contributed by atoms with van der Waals surface area (Å²) in [5, 5.41) is 3.14. The standard InChI is InChI=1S/C19H19N5O3S2/c1-12-3-4-14(9-13(12)2)29(26,27)24-8-5-15-17(11-24)28-19(22-15)23-18(25)16-10-20-6-7-21-16/h3-4,6-7,9-10H,5,8,11H2,1-2H3,(H,22,23,25). The molecule has 1 aromatic carbocycles. The number of amides is 1. The first-order chi connectivity index (χ1) is 13.8. The molecule has 4 rings (SSSR count). The van der Waals surface area contributed by atoms with Crippen molar-refractivity contribution in [1.29, 1.82) is 0 Å². The molecule has 0 fully saturated rings. The van der Waals surface area contributed by atoms with Gasteiger partial charge in [-0.1, -0.05) is 6.07 Å². The number of sulfonamides is 1. The van der Waals surface area contributed by atoms with Gasteiger partial charge in [-0.25, -0.2) is 18.4 Å².